The van der Waals surface area contributed by atoms with Gasteiger partial charge < -0.3 is 15.1 Å². The van der Waals surface area contributed by atoms with Gasteiger partial charge in [0.25, 0.3) is 5.91 Å². The third-order valence-electron chi connectivity index (χ3n) is 5.16. The number of carbonyl (C=O) groups excluding carboxylic acids is 1. The number of benzene rings is 1. The third kappa shape index (κ3) is 5.81. The molecule has 7 heteroatoms. The molecule has 0 bridgehead atoms. The number of rotatable bonds is 9. The first-order valence-corrected chi connectivity index (χ1v) is 10.3. The summed E-state index contributed by atoms with van der Waals surface area (Å²) < 4.78 is 27.4. The Bertz CT molecular complexity index is 924. The molecule has 0 spiro atoms. The highest BCUT2D eigenvalue weighted by Crippen LogP contribution is 2.29. The van der Waals surface area contributed by atoms with Crippen LogP contribution >= 0.6 is 0 Å². The van der Waals surface area contributed by atoms with Gasteiger partial charge >= 0.3 is 0 Å². The van der Waals surface area contributed by atoms with E-state index in [4.69, 9.17) is 0 Å². The Kier molecular flexibility index (Phi) is 8.70. The van der Waals surface area contributed by atoms with Crippen molar-refractivity contribution in [3.63, 3.8) is 0 Å². The minimum atomic E-state index is -1.79. The van der Waals surface area contributed by atoms with Gasteiger partial charge in [-0.15, -0.1) is 0 Å². The molecule has 32 heavy (non-hydrogen) atoms. The standard InChI is InChI=1S/C25H30F2N4O.H2/c1-6-13-28-23(30-14-16-31(17-15-30)24(32)19(4)18-26)20(5)29-22-11-9-21(10-12-22)25(27,7-2)8-3;/h6-13,29H,2-5,14-18H2,1H3;1H/b13-6-,28-23?;. The van der Waals surface area contributed by atoms with Crippen LogP contribution in [0.4, 0.5) is 14.5 Å². The average molecular weight is 443 g/mol. The van der Waals surface area contributed by atoms with Gasteiger partial charge in [0.2, 0.25) is 0 Å². The van der Waals surface area contributed by atoms with Crippen LogP contribution in [0.25, 0.3) is 0 Å². The quantitative estimate of drug-likeness (QED) is 0.253. The molecule has 1 saturated heterocycles. The molecule has 2 rings (SSSR count). The van der Waals surface area contributed by atoms with Crippen LogP contribution in [0.3, 0.4) is 0 Å². The Morgan fingerprint density at radius 3 is 2.22 bits per heavy atom. The van der Waals surface area contributed by atoms with Crippen molar-refractivity contribution < 1.29 is 15.0 Å². The van der Waals surface area contributed by atoms with Crippen molar-refractivity contribution in [2.24, 2.45) is 4.99 Å². The number of amides is 1. The van der Waals surface area contributed by atoms with Crippen LogP contribution in [0, 0.1) is 0 Å². The summed E-state index contributed by atoms with van der Waals surface area (Å²) in [5.41, 5.74) is -0.130. The fraction of sp³-hybridized carbons (Fsp3) is 0.280. The lowest BCUT2D eigenvalue weighted by Gasteiger charge is -2.37. The monoisotopic (exact) mass is 442 g/mol. The molecule has 0 aliphatic carbocycles. The lowest BCUT2D eigenvalue weighted by Crippen LogP contribution is -2.51. The number of amidine groups is 1. The molecule has 1 fully saturated rings. The van der Waals surface area contributed by atoms with E-state index in [9.17, 15) is 13.6 Å². The van der Waals surface area contributed by atoms with Gasteiger partial charge in [0.1, 0.15) is 6.67 Å². The minimum Gasteiger partial charge on any atom is -0.353 e. The van der Waals surface area contributed by atoms with Gasteiger partial charge in [0, 0.05) is 45.1 Å². The Labute approximate surface area is 190 Å². The third-order valence-corrected chi connectivity index (χ3v) is 5.16. The van der Waals surface area contributed by atoms with E-state index in [0.717, 1.165) is 5.69 Å². The molecule has 172 valence electrons. The lowest BCUT2D eigenvalue weighted by molar-refractivity contribution is -0.128. The van der Waals surface area contributed by atoms with E-state index < -0.39 is 12.3 Å². The Balaban J connectivity index is 0.00000544. The van der Waals surface area contributed by atoms with Gasteiger partial charge in [-0.25, -0.2) is 13.8 Å². The highest BCUT2D eigenvalue weighted by Gasteiger charge is 2.26. The zero-order valence-corrected chi connectivity index (χ0v) is 18.5. The molecule has 1 N–H and O–H groups in total. The summed E-state index contributed by atoms with van der Waals surface area (Å²) in [6.07, 6.45) is 5.88. The van der Waals surface area contributed by atoms with Crippen LogP contribution in [0.2, 0.25) is 0 Å². The maximum Gasteiger partial charge on any atom is 0.251 e. The van der Waals surface area contributed by atoms with E-state index >= 15 is 0 Å². The molecule has 5 nitrogen and oxygen atoms in total. The van der Waals surface area contributed by atoms with Crippen molar-refractivity contribution in [1.29, 1.82) is 0 Å². The summed E-state index contributed by atoms with van der Waals surface area (Å²) in [6.45, 7) is 17.6. The van der Waals surface area contributed by atoms with Gasteiger partial charge in [-0.2, -0.15) is 0 Å². The maximum absolute atomic E-state index is 14.7. The van der Waals surface area contributed by atoms with Crippen LogP contribution in [0.15, 0.2) is 91.3 Å². The SMILES string of the molecule is C=CC(F)(C=C)c1ccc(NC(=C)C(=N/C=C\C)N2CCN(C(=O)C(=C)CF)CC2)cc1.[HH]. The second-order valence-electron chi connectivity index (χ2n) is 7.31. The molecular weight excluding hydrogens is 410 g/mol. The summed E-state index contributed by atoms with van der Waals surface area (Å²) in [7, 11) is 0. The number of nitrogens with one attached hydrogen (secondary N) is 1. The molecule has 1 aliphatic heterocycles. The minimum absolute atomic E-state index is 0. The normalized spacial score (nSPS) is 14.9. The van der Waals surface area contributed by atoms with Crippen LogP contribution in [0.1, 0.15) is 13.9 Å². The number of hydrogen-bond acceptors (Lipinski definition) is 3. The van der Waals surface area contributed by atoms with Crippen LogP contribution in [-0.2, 0) is 10.5 Å². The van der Waals surface area contributed by atoms with Crippen molar-refractivity contribution in [2.45, 2.75) is 12.6 Å². The topological polar surface area (TPSA) is 47.9 Å². The average Bonchev–Trinajstić information content (AvgIpc) is 2.83. The van der Waals surface area contributed by atoms with Gasteiger partial charge in [0.05, 0.1) is 5.70 Å². The molecule has 1 aromatic carbocycles. The van der Waals surface area contributed by atoms with Crippen molar-refractivity contribution in [3.8, 4) is 0 Å². The van der Waals surface area contributed by atoms with Gasteiger partial charge in [-0.05, 0) is 36.8 Å². The van der Waals surface area contributed by atoms with Crippen molar-refractivity contribution in [1.82, 2.24) is 9.80 Å². The predicted molar refractivity (Wildman–Crippen MR) is 130 cm³/mol. The number of alkyl halides is 2. The molecule has 1 amide bonds. The summed E-state index contributed by atoms with van der Waals surface area (Å²) in [5.74, 6) is 0.264. The molecule has 0 saturated carbocycles. The number of allylic oxidation sites excluding steroid dienone is 3. The molecule has 0 unspecified atom stereocenters. The van der Waals surface area contributed by atoms with Gasteiger partial charge in [0.15, 0.2) is 11.5 Å². The first-order valence-electron chi connectivity index (χ1n) is 10.3. The number of piperazine rings is 1. The predicted octanol–water partition coefficient (Wildman–Crippen LogP) is 5.00. The van der Waals surface area contributed by atoms with E-state index in [2.05, 4.69) is 36.6 Å². The number of carbonyl (C=O) groups is 1. The van der Waals surface area contributed by atoms with Crippen LogP contribution in [-0.4, -0.2) is 54.4 Å². The second kappa shape index (κ2) is 11.2. The number of aliphatic imine (C=N–C) groups is 1. The summed E-state index contributed by atoms with van der Waals surface area (Å²) in [5, 5.41) is 3.21. The zero-order valence-electron chi connectivity index (χ0n) is 18.5. The van der Waals surface area contributed by atoms with E-state index in [1.165, 1.54) is 12.2 Å². The van der Waals surface area contributed by atoms with E-state index in [1.807, 2.05) is 11.8 Å². The Hall–Kier alpha value is -3.48. The molecule has 0 atom stereocenters. The van der Waals surface area contributed by atoms with Crippen molar-refractivity contribution >= 4 is 17.4 Å². The number of nitrogens with zero attached hydrogens (tertiary/aromatic N) is 3. The highest BCUT2D eigenvalue weighted by molar-refractivity contribution is 6.01. The zero-order chi connectivity index (χ0) is 23.7. The first kappa shape index (κ1) is 24.8. The largest absolute Gasteiger partial charge is 0.353 e. The number of hydrogen-bond donors (Lipinski definition) is 1. The van der Waals surface area contributed by atoms with Crippen molar-refractivity contribution in [3.05, 3.63) is 91.8 Å². The first-order chi connectivity index (χ1) is 15.3. The summed E-state index contributed by atoms with van der Waals surface area (Å²) in [4.78, 5) is 20.2. The van der Waals surface area contributed by atoms with Crippen molar-refractivity contribution in [2.75, 3.05) is 38.2 Å². The van der Waals surface area contributed by atoms with Gasteiger partial charge in [-0.1, -0.05) is 44.5 Å². The number of anilines is 1. The van der Waals surface area contributed by atoms with Gasteiger partial charge in [-0.3, -0.25) is 4.79 Å². The van der Waals surface area contributed by atoms with Crippen LogP contribution in [0.5, 0.6) is 0 Å². The number of halogens is 2. The second-order valence-corrected chi connectivity index (χ2v) is 7.31. The Morgan fingerprint density at radius 1 is 1.16 bits per heavy atom. The smallest absolute Gasteiger partial charge is 0.251 e. The fourth-order valence-corrected chi connectivity index (χ4v) is 3.26. The van der Waals surface area contributed by atoms with E-state index in [0.29, 0.717) is 43.3 Å². The Morgan fingerprint density at radius 2 is 1.72 bits per heavy atom. The molecule has 1 aromatic rings. The fourth-order valence-electron chi connectivity index (χ4n) is 3.26. The van der Waals surface area contributed by atoms with Crippen LogP contribution < -0.4 is 5.32 Å². The molecular formula is C25H32F2N4O. The molecule has 1 heterocycles. The lowest BCUT2D eigenvalue weighted by atomic mass is 9.96. The van der Waals surface area contributed by atoms with E-state index in [1.54, 1.807) is 41.4 Å². The molecule has 0 radical (unpaired) electrons. The van der Waals surface area contributed by atoms with E-state index in [-0.39, 0.29) is 12.9 Å². The summed E-state index contributed by atoms with van der Waals surface area (Å²) in [6, 6.07) is 6.80. The molecule has 1 aliphatic rings. The maximum atomic E-state index is 14.7. The summed E-state index contributed by atoms with van der Waals surface area (Å²) >= 11 is 0. The highest BCUT2D eigenvalue weighted by atomic mass is 19.1. The molecule has 0 aromatic heterocycles.